The van der Waals surface area contributed by atoms with Gasteiger partial charge in [-0.25, -0.2) is 4.79 Å². The van der Waals surface area contributed by atoms with Crippen molar-refractivity contribution >= 4 is 5.97 Å². The standard InChI is InChI=1S/C15H22O3/c1-10-5-4-6-11(2)15(10,3)8-7-12-9-13(16)18-14(12)17/h5,9,11,14,17H,4,6-8H2,1-3H3/t11-,14?,15-/m1/s1. The fourth-order valence-corrected chi connectivity index (χ4v) is 2.98. The van der Waals surface area contributed by atoms with E-state index in [1.807, 2.05) is 0 Å². The summed E-state index contributed by atoms with van der Waals surface area (Å²) in [4.78, 5) is 11.1. The first kappa shape index (κ1) is 13.3. The Kier molecular flexibility index (Phi) is 3.62. The summed E-state index contributed by atoms with van der Waals surface area (Å²) in [6, 6.07) is 0. The Bertz CT molecular complexity index is 408. The van der Waals surface area contributed by atoms with Crippen LogP contribution in [0.3, 0.4) is 0 Å². The molecule has 0 spiro atoms. The quantitative estimate of drug-likeness (QED) is 0.618. The van der Waals surface area contributed by atoms with Gasteiger partial charge in [-0.15, -0.1) is 0 Å². The fourth-order valence-electron chi connectivity index (χ4n) is 2.98. The van der Waals surface area contributed by atoms with Crippen LogP contribution in [-0.4, -0.2) is 17.4 Å². The first-order chi connectivity index (χ1) is 8.43. The minimum Gasteiger partial charge on any atom is -0.429 e. The van der Waals surface area contributed by atoms with Crippen molar-refractivity contribution in [1.82, 2.24) is 0 Å². The number of rotatable bonds is 3. The highest BCUT2D eigenvalue weighted by atomic mass is 16.6. The number of carbonyl (C=O) groups is 1. The predicted molar refractivity (Wildman–Crippen MR) is 69.7 cm³/mol. The molecule has 2 aliphatic rings. The lowest BCUT2D eigenvalue weighted by Gasteiger charge is -2.40. The van der Waals surface area contributed by atoms with Gasteiger partial charge in [0.1, 0.15) is 0 Å². The number of cyclic esters (lactones) is 1. The zero-order chi connectivity index (χ0) is 13.3. The lowest BCUT2D eigenvalue weighted by Crippen LogP contribution is -2.30. The van der Waals surface area contributed by atoms with E-state index in [0.29, 0.717) is 11.5 Å². The number of aliphatic hydroxyl groups is 1. The van der Waals surface area contributed by atoms with Crippen molar-refractivity contribution in [1.29, 1.82) is 0 Å². The van der Waals surface area contributed by atoms with E-state index in [0.717, 1.165) is 19.3 Å². The van der Waals surface area contributed by atoms with Gasteiger partial charge in [0.05, 0.1) is 0 Å². The first-order valence-electron chi connectivity index (χ1n) is 6.70. The Hall–Kier alpha value is -1.09. The van der Waals surface area contributed by atoms with Gasteiger partial charge >= 0.3 is 5.97 Å². The second kappa shape index (κ2) is 4.88. The fraction of sp³-hybridized carbons (Fsp3) is 0.667. The number of aliphatic hydroxyl groups excluding tert-OH is 1. The van der Waals surface area contributed by atoms with Crippen LogP contribution in [0, 0.1) is 11.3 Å². The summed E-state index contributed by atoms with van der Waals surface area (Å²) in [5.41, 5.74) is 2.32. The van der Waals surface area contributed by atoms with Crippen LogP contribution < -0.4 is 0 Å². The molecule has 0 aromatic rings. The van der Waals surface area contributed by atoms with E-state index in [-0.39, 0.29) is 5.41 Å². The molecule has 0 bridgehead atoms. The third-order valence-corrected chi connectivity index (χ3v) is 4.82. The van der Waals surface area contributed by atoms with E-state index in [4.69, 9.17) is 4.74 Å². The number of allylic oxidation sites excluding steroid dienone is 2. The van der Waals surface area contributed by atoms with Gasteiger partial charge in [-0.05, 0) is 43.9 Å². The summed E-state index contributed by atoms with van der Waals surface area (Å²) in [7, 11) is 0. The van der Waals surface area contributed by atoms with Crippen LogP contribution in [0.5, 0.6) is 0 Å². The highest BCUT2D eigenvalue weighted by Gasteiger charge is 2.35. The van der Waals surface area contributed by atoms with Crippen LogP contribution in [-0.2, 0) is 9.53 Å². The number of hydrogen-bond acceptors (Lipinski definition) is 3. The van der Waals surface area contributed by atoms with Gasteiger partial charge in [-0.3, -0.25) is 0 Å². The van der Waals surface area contributed by atoms with Crippen LogP contribution in [0.4, 0.5) is 0 Å². The second-order valence-electron chi connectivity index (χ2n) is 5.79. The van der Waals surface area contributed by atoms with Gasteiger partial charge in [-0.2, -0.15) is 0 Å². The van der Waals surface area contributed by atoms with Crippen LogP contribution >= 0.6 is 0 Å². The molecule has 0 aromatic carbocycles. The van der Waals surface area contributed by atoms with E-state index < -0.39 is 12.3 Å². The minimum atomic E-state index is -1.02. The van der Waals surface area contributed by atoms with Crippen molar-refractivity contribution in [3.8, 4) is 0 Å². The number of esters is 1. The summed E-state index contributed by atoms with van der Waals surface area (Å²) < 4.78 is 4.71. The normalized spacial score (nSPS) is 36.1. The molecule has 3 nitrogen and oxygen atoms in total. The molecule has 1 unspecified atom stereocenters. The molecular formula is C15H22O3. The third-order valence-electron chi connectivity index (χ3n) is 4.82. The van der Waals surface area contributed by atoms with Crippen molar-refractivity contribution in [3.63, 3.8) is 0 Å². The molecule has 3 atom stereocenters. The van der Waals surface area contributed by atoms with Gasteiger partial charge in [0, 0.05) is 11.6 Å². The molecule has 0 saturated carbocycles. The molecule has 1 aliphatic carbocycles. The summed E-state index contributed by atoms with van der Waals surface area (Å²) in [6.45, 7) is 6.77. The molecule has 1 N–H and O–H groups in total. The van der Waals surface area contributed by atoms with Crippen molar-refractivity contribution in [2.45, 2.75) is 52.7 Å². The van der Waals surface area contributed by atoms with Gasteiger partial charge in [0.2, 0.25) is 6.29 Å². The summed E-state index contributed by atoms with van der Waals surface area (Å²) in [5.74, 6) is 0.213. The predicted octanol–water partition coefficient (Wildman–Crippen LogP) is 2.95. The topological polar surface area (TPSA) is 46.5 Å². The van der Waals surface area contributed by atoms with E-state index in [1.54, 1.807) is 0 Å². The lowest BCUT2D eigenvalue weighted by atomic mass is 9.65. The van der Waals surface area contributed by atoms with Crippen molar-refractivity contribution in [2.75, 3.05) is 0 Å². The molecular weight excluding hydrogens is 228 g/mol. The summed E-state index contributed by atoms with van der Waals surface area (Å²) in [5, 5.41) is 9.58. The molecule has 3 heteroatoms. The van der Waals surface area contributed by atoms with Crippen molar-refractivity contribution in [3.05, 3.63) is 23.3 Å². The average molecular weight is 250 g/mol. The maximum absolute atomic E-state index is 11.1. The minimum absolute atomic E-state index is 0.171. The van der Waals surface area contributed by atoms with E-state index in [2.05, 4.69) is 26.8 Å². The largest absolute Gasteiger partial charge is 0.429 e. The molecule has 0 saturated heterocycles. The molecule has 0 fully saturated rings. The molecule has 100 valence electrons. The molecule has 1 aliphatic heterocycles. The van der Waals surface area contributed by atoms with Crippen LogP contribution in [0.2, 0.25) is 0 Å². The van der Waals surface area contributed by atoms with E-state index >= 15 is 0 Å². The molecule has 0 radical (unpaired) electrons. The maximum Gasteiger partial charge on any atom is 0.333 e. The smallest absolute Gasteiger partial charge is 0.333 e. The van der Waals surface area contributed by atoms with Gasteiger partial charge in [0.15, 0.2) is 0 Å². The van der Waals surface area contributed by atoms with Crippen LogP contribution in [0.15, 0.2) is 23.3 Å². The molecule has 18 heavy (non-hydrogen) atoms. The van der Waals surface area contributed by atoms with Crippen molar-refractivity contribution < 1.29 is 14.6 Å². The highest BCUT2D eigenvalue weighted by Crippen LogP contribution is 2.46. The maximum atomic E-state index is 11.1. The summed E-state index contributed by atoms with van der Waals surface area (Å²) in [6.07, 6.45) is 6.78. The molecule has 0 amide bonds. The number of hydrogen-bond donors (Lipinski definition) is 1. The lowest BCUT2D eigenvalue weighted by molar-refractivity contribution is -0.151. The zero-order valence-corrected chi connectivity index (χ0v) is 11.4. The first-order valence-corrected chi connectivity index (χ1v) is 6.70. The second-order valence-corrected chi connectivity index (χ2v) is 5.79. The van der Waals surface area contributed by atoms with Crippen LogP contribution in [0.25, 0.3) is 0 Å². The Balaban J connectivity index is 2.05. The highest BCUT2D eigenvalue weighted by molar-refractivity contribution is 5.85. The Morgan fingerprint density at radius 1 is 1.56 bits per heavy atom. The van der Waals surface area contributed by atoms with Crippen LogP contribution in [0.1, 0.15) is 46.5 Å². The van der Waals surface area contributed by atoms with Gasteiger partial charge < -0.3 is 9.84 Å². The van der Waals surface area contributed by atoms with Gasteiger partial charge in [0.25, 0.3) is 0 Å². The van der Waals surface area contributed by atoms with Crippen molar-refractivity contribution in [2.24, 2.45) is 11.3 Å². The Morgan fingerprint density at radius 2 is 2.28 bits per heavy atom. The third kappa shape index (κ3) is 2.37. The average Bonchev–Trinajstić information content (AvgIpc) is 2.62. The van der Waals surface area contributed by atoms with E-state index in [1.165, 1.54) is 18.1 Å². The molecule has 0 aromatic heterocycles. The number of ether oxygens (including phenoxy) is 1. The molecule has 2 rings (SSSR count). The zero-order valence-electron chi connectivity index (χ0n) is 11.4. The molecule has 1 heterocycles. The Morgan fingerprint density at radius 3 is 2.83 bits per heavy atom. The summed E-state index contributed by atoms with van der Waals surface area (Å²) >= 11 is 0. The Labute approximate surface area is 109 Å². The van der Waals surface area contributed by atoms with Gasteiger partial charge in [-0.1, -0.05) is 25.5 Å². The van der Waals surface area contributed by atoms with E-state index in [9.17, 15) is 9.90 Å². The number of carbonyl (C=O) groups excluding carboxylic acids is 1. The monoisotopic (exact) mass is 250 g/mol. The SMILES string of the molecule is CC1=CCC[C@@H](C)[C@]1(C)CCC1=CC(=O)OC1O.